The average molecular weight is 614 g/mol. The Kier molecular flexibility index (Phi) is 7.14. The van der Waals surface area contributed by atoms with E-state index < -0.39 is 41.0 Å². The van der Waals surface area contributed by atoms with Crippen molar-refractivity contribution in [3.63, 3.8) is 0 Å². The fourth-order valence-corrected chi connectivity index (χ4v) is 7.18. The minimum absolute atomic E-state index is 0.00805. The van der Waals surface area contributed by atoms with Crippen LogP contribution in [-0.4, -0.2) is 16.5 Å². The number of rotatable bonds is 5. The molecule has 1 aliphatic carbocycles. The summed E-state index contributed by atoms with van der Waals surface area (Å²) in [6, 6.07) is 20.8. The molecule has 2 aliphatic rings. The number of carbonyl (C=O) groups is 1. The van der Waals surface area contributed by atoms with Crippen LogP contribution in [0.15, 0.2) is 83.7 Å². The number of pyridine rings is 1. The molecule has 5 aromatic rings. The maximum Gasteiger partial charge on any atom is 0.416 e. The SMILES string of the molecule is Cc1ccc(NC(=O)[C@H]2Cc3cccc4c5cccc(F)c5c(=O)n(c34)C2c2ccc(NC3CCCC3)cc2)cc1C(F)(F)F. The number of aryl methyl sites for hydroxylation is 1. The van der Waals surface area contributed by atoms with Crippen molar-refractivity contribution < 1.29 is 22.4 Å². The number of carbonyl (C=O) groups excluding carboxylic acids is 1. The van der Waals surface area contributed by atoms with Gasteiger partial charge in [-0.15, -0.1) is 0 Å². The van der Waals surface area contributed by atoms with Crippen molar-refractivity contribution in [3.05, 3.63) is 117 Å². The largest absolute Gasteiger partial charge is 0.416 e. The molecule has 45 heavy (non-hydrogen) atoms. The summed E-state index contributed by atoms with van der Waals surface area (Å²) in [5, 5.41) is 7.36. The van der Waals surface area contributed by atoms with E-state index in [1.54, 1.807) is 12.1 Å². The van der Waals surface area contributed by atoms with Crippen LogP contribution in [-0.2, 0) is 17.4 Å². The van der Waals surface area contributed by atoms with Crippen LogP contribution in [0.3, 0.4) is 0 Å². The first-order valence-corrected chi connectivity index (χ1v) is 15.2. The highest BCUT2D eigenvalue weighted by atomic mass is 19.4. The second-order valence-corrected chi connectivity index (χ2v) is 12.2. The van der Waals surface area contributed by atoms with Gasteiger partial charge in [0.2, 0.25) is 5.91 Å². The molecule has 1 aliphatic heterocycles. The molecular formula is C36H31F4N3O2. The molecule has 1 saturated carbocycles. The van der Waals surface area contributed by atoms with Crippen molar-refractivity contribution in [3.8, 4) is 0 Å². The van der Waals surface area contributed by atoms with Crippen LogP contribution in [0.25, 0.3) is 21.7 Å². The predicted molar refractivity (Wildman–Crippen MR) is 168 cm³/mol. The summed E-state index contributed by atoms with van der Waals surface area (Å²) in [6.07, 6.45) is 0.185. The zero-order valence-corrected chi connectivity index (χ0v) is 24.5. The van der Waals surface area contributed by atoms with E-state index in [9.17, 15) is 22.8 Å². The van der Waals surface area contributed by atoms with Crippen LogP contribution in [0.4, 0.5) is 28.9 Å². The van der Waals surface area contributed by atoms with Crippen LogP contribution in [0, 0.1) is 18.7 Å². The normalized spacial score (nSPS) is 18.4. The Morgan fingerprint density at radius 2 is 1.58 bits per heavy atom. The molecule has 2 atom stereocenters. The second-order valence-electron chi connectivity index (χ2n) is 12.2. The van der Waals surface area contributed by atoms with Crippen molar-refractivity contribution in [1.29, 1.82) is 0 Å². The number of benzene rings is 4. The van der Waals surface area contributed by atoms with E-state index in [1.165, 1.54) is 42.5 Å². The summed E-state index contributed by atoms with van der Waals surface area (Å²) < 4.78 is 57.8. The molecule has 1 amide bonds. The highest BCUT2D eigenvalue weighted by Crippen LogP contribution is 2.41. The Bertz CT molecular complexity index is 2010. The third kappa shape index (κ3) is 5.14. The van der Waals surface area contributed by atoms with Crippen molar-refractivity contribution in [2.24, 2.45) is 5.92 Å². The number of amides is 1. The molecule has 0 radical (unpaired) electrons. The van der Waals surface area contributed by atoms with E-state index in [4.69, 9.17) is 0 Å². The fraction of sp³-hybridized carbons (Fsp3) is 0.278. The van der Waals surface area contributed by atoms with Crippen molar-refractivity contribution in [2.45, 2.75) is 57.3 Å². The smallest absolute Gasteiger partial charge is 0.382 e. The number of nitrogens with one attached hydrogen (secondary N) is 2. The fourth-order valence-electron chi connectivity index (χ4n) is 7.18. The van der Waals surface area contributed by atoms with Crippen LogP contribution < -0.4 is 16.2 Å². The lowest BCUT2D eigenvalue weighted by molar-refractivity contribution is -0.138. The number of anilines is 2. The molecule has 1 unspecified atom stereocenters. The van der Waals surface area contributed by atoms with E-state index in [2.05, 4.69) is 10.6 Å². The molecule has 0 bridgehead atoms. The number of aromatic nitrogens is 1. The maximum atomic E-state index is 15.3. The number of nitrogens with zero attached hydrogens (tertiary/aromatic N) is 1. The molecular weight excluding hydrogens is 582 g/mol. The third-order valence-corrected chi connectivity index (χ3v) is 9.32. The summed E-state index contributed by atoms with van der Waals surface area (Å²) in [6.45, 7) is 1.37. The first kappa shape index (κ1) is 29.1. The van der Waals surface area contributed by atoms with E-state index >= 15 is 4.39 Å². The lowest BCUT2D eigenvalue weighted by Crippen LogP contribution is -2.41. The Morgan fingerprint density at radius 3 is 2.31 bits per heavy atom. The summed E-state index contributed by atoms with van der Waals surface area (Å²) in [4.78, 5) is 28.3. The van der Waals surface area contributed by atoms with Gasteiger partial charge in [-0.1, -0.05) is 61.4 Å². The maximum absolute atomic E-state index is 15.3. The van der Waals surface area contributed by atoms with Gasteiger partial charge in [0.25, 0.3) is 5.56 Å². The van der Waals surface area contributed by atoms with E-state index in [-0.39, 0.29) is 23.1 Å². The summed E-state index contributed by atoms with van der Waals surface area (Å²) in [5.74, 6) is -2.07. The number of halogens is 4. The molecule has 230 valence electrons. The standard InChI is InChI=1S/C36H31F4N3O2/c1-20-12-15-25(19-29(20)36(38,39)40)42-34(44)28-18-22-6-4-10-27-26-9-5-11-30(37)31(26)35(45)43(33(22)27)32(28)21-13-16-24(17-14-21)41-23-7-2-3-8-23/h4-6,9-17,19,23,28,32,41H,2-3,7-8,18H2,1H3,(H,42,44)/t28-,32?/m0/s1. The number of hydrogen-bond donors (Lipinski definition) is 2. The first-order chi connectivity index (χ1) is 21.6. The second kappa shape index (κ2) is 11.1. The predicted octanol–water partition coefficient (Wildman–Crippen LogP) is 8.38. The van der Waals surface area contributed by atoms with Crippen molar-refractivity contribution in [2.75, 3.05) is 10.6 Å². The molecule has 2 N–H and O–H groups in total. The quantitative estimate of drug-likeness (QED) is 0.155. The summed E-state index contributed by atoms with van der Waals surface area (Å²) >= 11 is 0. The molecule has 0 spiro atoms. The summed E-state index contributed by atoms with van der Waals surface area (Å²) in [5.41, 5.74) is 1.60. The average Bonchev–Trinajstić information content (AvgIpc) is 3.53. The third-order valence-electron chi connectivity index (χ3n) is 9.32. The summed E-state index contributed by atoms with van der Waals surface area (Å²) in [7, 11) is 0. The molecule has 7 rings (SSSR count). The van der Waals surface area contributed by atoms with Gasteiger partial charge in [-0.2, -0.15) is 13.2 Å². The Labute approximate surface area is 256 Å². The lowest BCUT2D eigenvalue weighted by atomic mass is 9.81. The molecule has 9 heteroatoms. The number of para-hydroxylation sites is 1. The monoisotopic (exact) mass is 613 g/mol. The van der Waals surface area contributed by atoms with E-state index in [0.717, 1.165) is 30.2 Å². The van der Waals surface area contributed by atoms with Gasteiger partial charge >= 0.3 is 6.18 Å². The highest BCUT2D eigenvalue weighted by Gasteiger charge is 2.39. The zero-order chi connectivity index (χ0) is 31.5. The molecule has 1 aromatic heterocycles. The minimum atomic E-state index is -4.58. The molecule has 2 heterocycles. The Balaban J connectivity index is 1.37. The topological polar surface area (TPSA) is 63.1 Å². The van der Waals surface area contributed by atoms with Gasteiger partial charge in [-0.05, 0) is 78.6 Å². The van der Waals surface area contributed by atoms with Crippen LogP contribution in [0.5, 0.6) is 0 Å². The first-order valence-electron chi connectivity index (χ1n) is 15.2. The van der Waals surface area contributed by atoms with Crippen molar-refractivity contribution in [1.82, 2.24) is 4.57 Å². The molecule has 0 saturated heterocycles. The van der Waals surface area contributed by atoms with Gasteiger partial charge in [0.1, 0.15) is 5.82 Å². The Morgan fingerprint density at radius 1 is 0.889 bits per heavy atom. The number of hydrogen-bond acceptors (Lipinski definition) is 3. The van der Waals surface area contributed by atoms with Gasteiger partial charge in [0, 0.05) is 22.8 Å². The van der Waals surface area contributed by atoms with Crippen LogP contribution in [0.2, 0.25) is 0 Å². The molecule has 5 nitrogen and oxygen atoms in total. The van der Waals surface area contributed by atoms with E-state index in [1.807, 2.05) is 42.5 Å². The van der Waals surface area contributed by atoms with Gasteiger partial charge in [-0.25, -0.2) is 4.39 Å². The molecule has 4 aromatic carbocycles. The molecule has 1 fully saturated rings. The lowest BCUT2D eigenvalue weighted by Gasteiger charge is -2.35. The Hall–Kier alpha value is -4.66. The van der Waals surface area contributed by atoms with Crippen LogP contribution in [0.1, 0.15) is 54.0 Å². The van der Waals surface area contributed by atoms with Crippen molar-refractivity contribution >= 4 is 39.0 Å². The van der Waals surface area contributed by atoms with Crippen LogP contribution >= 0.6 is 0 Å². The highest BCUT2D eigenvalue weighted by molar-refractivity contribution is 6.07. The number of alkyl halides is 3. The van der Waals surface area contributed by atoms with Gasteiger partial charge in [0.15, 0.2) is 0 Å². The van der Waals surface area contributed by atoms with Gasteiger partial charge < -0.3 is 10.6 Å². The zero-order valence-electron chi connectivity index (χ0n) is 24.5. The van der Waals surface area contributed by atoms with Gasteiger partial charge in [0.05, 0.1) is 28.4 Å². The number of fused-ring (bicyclic) bond motifs is 2. The van der Waals surface area contributed by atoms with Gasteiger partial charge in [-0.3, -0.25) is 14.2 Å². The minimum Gasteiger partial charge on any atom is -0.382 e. The van der Waals surface area contributed by atoms with E-state index in [0.29, 0.717) is 27.9 Å².